The predicted octanol–water partition coefficient (Wildman–Crippen LogP) is 3.55. The van der Waals surface area contributed by atoms with Crippen LogP contribution in [0.2, 0.25) is 0 Å². The van der Waals surface area contributed by atoms with Crippen LogP contribution in [0.15, 0.2) is 48.9 Å². The van der Waals surface area contributed by atoms with Crippen LogP contribution < -0.4 is 0 Å². The number of allylic oxidation sites excluding steroid dienone is 6. The lowest BCUT2D eigenvalue weighted by molar-refractivity contribution is 0.646. The summed E-state index contributed by atoms with van der Waals surface area (Å²) in [6, 6.07) is 0. The first kappa shape index (κ1) is 9.89. The van der Waals surface area contributed by atoms with Crippen LogP contribution in [0.25, 0.3) is 0 Å². The lowest BCUT2D eigenvalue weighted by Gasteiger charge is -1.97. The zero-order valence-electron chi connectivity index (χ0n) is 6.81. The third kappa shape index (κ3) is 3.56. The quantitative estimate of drug-likeness (QED) is 0.427. The molecule has 0 rings (SSSR count). The second-order valence-corrected chi connectivity index (χ2v) is 2.06. The van der Waals surface area contributed by atoms with Crippen molar-refractivity contribution in [2.75, 3.05) is 0 Å². The Kier molecular flexibility index (Phi) is 5.09. The van der Waals surface area contributed by atoms with Crippen molar-refractivity contribution in [3.8, 4) is 0 Å². The molecule has 0 atom stereocenters. The largest absolute Gasteiger partial charge is 0.207 e. The van der Waals surface area contributed by atoms with Gasteiger partial charge in [-0.1, -0.05) is 24.8 Å². The fraction of sp³-hybridized carbons (Fsp3) is 0.200. The topological polar surface area (TPSA) is 0 Å². The van der Waals surface area contributed by atoms with Gasteiger partial charge < -0.3 is 0 Å². The van der Waals surface area contributed by atoms with E-state index in [1.807, 2.05) is 0 Å². The van der Waals surface area contributed by atoms with Gasteiger partial charge in [0.1, 0.15) is 5.83 Å². The molecule has 0 aromatic heterocycles. The van der Waals surface area contributed by atoms with E-state index < -0.39 is 0 Å². The number of hydrogen-bond donors (Lipinski definition) is 0. The summed E-state index contributed by atoms with van der Waals surface area (Å²) in [7, 11) is 0. The molecule has 0 amide bonds. The minimum Gasteiger partial charge on any atom is -0.207 e. The molecule has 0 aliphatic carbocycles. The molecule has 0 aromatic carbocycles. The highest BCUT2D eigenvalue weighted by atomic mass is 19.1. The van der Waals surface area contributed by atoms with Gasteiger partial charge in [0.2, 0.25) is 0 Å². The monoisotopic (exact) mass is 152 g/mol. The van der Waals surface area contributed by atoms with E-state index in [0.717, 1.165) is 0 Å². The molecule has 0 spiro atoms. The van der Waals surface area contributed by atoms with Gasteiger partial charge in [0.25, 0.3) is 0 Å². The zero-order chi connectivity index (χ0) is 8.69. The summed E-state index contributed by atoms with van der Waals surface area (Å²) in [4.78, 5) is 0. The minimum absolute atomic E-state index is 0.234. The van der Waals surface area contributed by atoms with Crippen LogP contribution in [-0.2, 0) is 0 Å². The third-order valence-corrected chi connectivity index (χ3v) is 1.28. The molecule has 0 unspecified atom stereocenters. The van der Waals surface area contributed by atoms with E-state index in [4.69, 9.17) is 0 Å². The Bertz CT molecular complexity index is 197. The highest BCUT2D eigenvalue weighted by Crippen LogP contribution is 2.15. The molecule has 0 fully saturated rings. The highest BCUT2D eigenvalue weighted by molar-refractivity contribution is 5.28. The van der Waals surface area contributed by atoms with Gasteiger partial charge in [0.15, 0.2) is 0 Å². The lowest BCUT2D eigenvalue weighted by Crippen LogP contribution is -1.80. The van der Waals surface area contributed by atoms with Gasteiger partial charge >= 0.3 is 0 Å². The number of rotatable bonds is 4. The van der Waals surface area contributed by atoms with Crippen LogP contribution in [0.4, 0.5) is 4.39 Å². The van der Waals surface area contributed by atoms with E-state index in [-0.39, 0.29) is 5.83 Å². The van der Waals surface area contributed by atoms with Gasteiger partial charge in [-0.3, -0.25) is 0 Å². The molecule has 0 nitrogen and oxygen atoms in total. The molecule has 0 saturated heterocycles. The lowest BCUT2D eigenvalue weighted by atomic mass is 10.1. The van der Waals surface area contributed by atoms with Crippen molar-refractivity contribution in [3.05, 3.63) is 48.9 Å². The Balaban J connectivity index is 4.38. The number of halogens is 1. The van der Waals surface area contributed by atoms with Crippen molar-refractivity contribution in [2.45, 2.75) is 13.3 Å². The average molecular weight is 152 g/mol. The minimum atomic E-state index is -0.234. The van der Waals surface area contributed by atoms with Crippen LogP contribution in [0.3, 0.4) is 0 Å². The van der Waals surface area contributed by atoms with Gasteiger partial charge in [-0.2, -0.15) is 0 Å². The van der Waals surface area contributed by atoms with Gasteiger partial charge in [-0.15, -0.1) is 6.58 Å². The molecule has 0 aliphatic rings. The van der Waals surface area contributed by atoms with Crippen molar-refractivity contribution in [3.63, 3.8) is 0 Å². The summed E-state index contributed by atoms with van der Waals surface area (Å²) < 4.78 is 12.9. The molecule has 0 saturated carbocycles. The van der Waals surface area contributed by atoms with Crippen molar-refractivity contribution >= 4 is 0 Å². The molecule has 0 radical (unpaired) electrons. The molecule has 0 bridgehead atoms. The molecular formula is C10H13F. The normalized spacial score (nSPS) is 12.9. The maximum Gasteiger partial charge on any atom is 0.126 e. The summed E-state index contributed by atoms with van der Waals surface area (Å²) in [5.41, 5.74) is 0.653. The molecule has 11 heavy (non-hydrogen) atoms. The van der Waals surface area contributed by atoms with Gasteiger partial charge in [0, 0.05) is 0 Å². The molecule has 0 aliphatic heterocycles. The average Bonchev–Trinajstić information content (AvgIpc) is 2.00. The summed E-state index contributed by atoms with van der Waals surface area (Å²) in [6.07, 6.45) is 6.75. The van der Waals surface area contributed by atoms with Gasteiger partial charge in [-0.25, -0.2) is 4.39 Å². The Morgan fingerprint density at radius 1 is 1.45 bits per heavy atom. The standard InChI is InChI=1S/C10H13F/c1-4-7-9(6-3)10(11)8-5-2/h4-6,8H,1-2,7H2,3H3. The number of hydrogen-bond acceptors (Lipinski definition) is 0. The van der Waals surface area contributed by atoms with Crippen LogP contribution in [0, 0.1) is 0 Å². The SMILES string of the molecule is C=CC=C(F)C(=CC)CC=C. The Hall–Kier alpha value is -1.11. The zero-order valence-corrected chi connectivity index (χ0v) is 6.81. The third-order valence-electron chi connectivity index (χ3n) is 1.28. The summed E-state index contributed by atoms with van der Waals surface area (Å²) in [6.45, 7) is 8.74. The van der Waals surface area contributed by atoms with E-state index >= 15 is 0 Å². The van der Waals surface area contributed by atoms with Crippen LogP contribution in [-0.4, -0.2) is 0 Å². The smallest absolute Gasteiger partial charge is 0.126 e. The van der Waals surface area contributed by atoms with E-state index in [1.165, 1.54) is 12.2 Å². The first-order valence-corrected chi connectivity index (χ1v) is 3.51. The van der Waals surface area contributed by atoms with E-state index in [2.05, 4.69) is 13.2 Å². The van der Waals surface area contributed by atoms with Crippen molar-refractivity contribution in [1.82, 2.24) is 0 Å². The molecule has 0 heterocycles. The fourth-order valence-corrected chi connectivity index (χ4v) is 0.719. The van der Waals surface area contributed by atoms with Crippen LogP contribution in [0.5, 0.6) is 0 Å². The van der Waals surface area contributed by atoms with Crippen molar-refractivity contribution in [1.29, 1.82) is 0 Å². The second-order valence-electron chi connectivity index (χ2n) is 2.06. The van der Waals surface area contributed by atoms with Gasteiger partial charge in [0.05, 0.1) is 0 Å². The maximum atomic E-state index is 12.9. The summed E-state index contributed by atoms with van der Waals surface area (Å²) in [5, 5.41) is 0. The summed E-state index contributed by atoms with van der Waals surface area (Å²) >= 11 is 0. The van der Waals surface area contributed by atoms with E-state index in [1.54, 1.807) is 19.1 Å². The molecular weight excluding hydrogens is 139 g/mol. The molecule has 1 heteroatoms. The Labute approximate surface area is 67.4 Å². The van der Waals surface area contributed by atoms with Crippen LogP contribution >= 0.6 is 0 Å². The first-order valence-electron chi connectivity index (χ1n) is 3.51. The van der Waals surface area contributed by atoms with Crippen molar-refractivity contribution < 1.29 is 4.39 Å². The van der Waals surface area contributed by atoms with E-state index in [9.17, 15) is 4.39 Å². The highest BCUT2D eigenvalue weighted by Gasteiger charge is 1.98. The molecule has 60 valence electrons. The summed E-state index contributed by atoms with van der Waals surface area (Å²) in [5.74, 6) is -0.234. The van der Waals surface area contributed by atoms with Crippen LogP contribution in [0.1, 0.15) is 13.3 Å². The predicted molar refractivity (Wildman–Crippen MR) is 48.0 cm³/mol. The van der Waals surface area contributed by atoms with Gasteiger partial charge in [-0.05, 0) is 25.0 Å². The molecule has 0 aromatic rings. The first-order chi connectivity index (χ1) is 5.26. The second kappa shape index (κ2) is 5.66. The van der Waals surface area contributed by atoms with Crippen molar-refractivity contribution in [2.24, 2.45) is 0 Å². The maximum absolute atomic E-state index is 12.9. The van der Waals surface area contributed by atoms with E-state index in [0.29, 0.717) is 12.0 Å². The Morgan fingerprint density at radius 3 is 2.45 bits per heavy atom. The fourth-order valence-electron chi connectivity index (χ4n) is 0.719. The Morgan fingerprint density at radius 2 is 2.09 bits per heavy atom. The molecule has 0 N–H and O–H groups in total.